The summed E-state index contributed by atoms with van der Waals surface area (Å²) in [6.07, 6.45) is 5.72. The first-order valence-corrected chi connectivity index (χ1v) is 9.65. The van der Waals surface area contributed by atoms with Gasteiger partial charge in [-0.1, -0.05) is 19.3 Å². The molecule has 6 heteroatoms. The zero-order valence-corrected chi connectivity index (χ0v) is 15.0. The van der Waals surface area contributed by atoms with E-state index in [1.807, 2.05) is 11.8 Å². The lowest BCUT2D eigenvalue weighted by atomic mass is 9.93. The number of carbonyl (C=O) groups is 1. The number of hydrogen-bond acceptors (Lipinski definition) is 3. The summed E-state index contributed by atoms with van der Waals surface area (Å²) in [6.45, 7) is 2.68. The zero-order chi connectivity index (χ0) is 17.0. The minimum atomic E-state index is -3.46. The van der Waals surface area contributed by atoms with Gasteiger partial charge in [-0.25, -0.2) is 12.7 Å². The van der Waals surface area contributed by atoms with Crippen molar-refractivity contribution >= 4 is 15.9 Å². The molecule has 128 valence electrons. The van der Waals surface area contributed by atoms with Crippen molar-refractivity contribution in [3.05, 3.63) is 29.8 Å². The summed E-state index contributed by atoms with van der Waals surface area (Å²) >= 11 is 0. The Morgan fingerprint density at radius 3 is 2.13 bits per heavy atom. The van der Waals surface area contributed by atoms with E-state index in [4.69, 9.17) is 0 Å². The summed E-state index contributed by atoms with van der Waals surface area (Å²) in [6, 6.07) is 6.56. The standard InChI is InChI=1S/C17H26N2O3S/c1-4-19(15-8-6-5-7-9-15)17(20)14-10-12-16(13-11-14)23(21,22)18(2)3/h10-13,15H,4-9H2,1-3H3. The fourth-order valence-corrected chi connectivity index (χ4v) is 4.01. The molecule has 1 amide bonds. The molecule has 1 aromatic rings. The van der Waals surface area contributed by atoms with E-state index in [1.165, 1.54) is 49.8 Å². The van der Waals surface area contributed by atoms with Gasteiger partial charge in [-0.2, -0.15) is 0 Å². The molecule has 2 rings (SSSR count). The van der Waals surface area contributed by atoms with Crippen molar-refractivity contribution in [2.75, 3.05) is 20.6 Å². The lowest BCUT2D eigenvalue weighted by molar-refractivity contribution is 0.0648. The van der Waals surface area contributed by atoms with Gasteiger partial charge in [0.15, 0.2) is 0 Å². The highest BCUT2D eigenvalue weighted by Crippen LogP contribution is 2.24. The molecule has 0 aliphatic heterocycles. The third-order valence-corrected chi connectivity index (χ3v) is 6.33. The highest BCUT2D eigenvalue weighted by atomic mass is 32.2. The molecule has 0 atom stereocenters. The maximum atomic E-state index is 12.7. The van der Waals surface area contributed by atoms with Crippen molar-refractivity contribution in [2.24, 2.45) is 0 Å². The first kappa shape index (κ1) is 17.9. The molecule has 0 unspecified atom stereocenters. The Bertz CT molecular complexity index is 632. The van der Waals surface area contributed by atoms with Gasteiger partial charge in [0.25, 0.3) is 5.91 Å². The summed E-state index contributed by atoms with van der Waals surface area (Å²) < 4.78 is 25.3. The Kier molecular flexibility index (Phi) is 5.81. The molecule has 0 radical (unpaired) electrons. The lowest BCUT2D eigenvalue weighted by Crippen LogP contribution is -2.41. The molecule has 0 spiro atoms. The van der Waals surface area contributed by atoms with Gasteiger partial charge in [-0.3, -0.25) is 4.79 Å². The van der Waals surface area contributed by atoms with Crippen LogP contribution in [0.4, 0.5) is 0 Å². The highest BCUT2D eigenvalue weighted by Gasteiger charge is 2.25. The summed E-state index contributed by atoms with van der Waals surface area (Å²) in [5, 5.41) is 0. The molecule has 0 N–H and O–H groups in total. The predicted molar refractivity (Wildman–Crippen MR) is 90.9 cm³/mol. The first-order chi connectivity index (χ1) is 10.9. The van der Waals surface area contributed by atoms with Gasteiger partial charge >= 0.3 is 0 Å². The largest absolute Gasteiger partial charge is 0.336 e. The van der Waals surface area contributed by atoms with Crippen LogP contribution in [0.3, 0.4) is 0 Å². The average Bonchev–Trinajstić information content (AvgIpc) is 2.56. The molecule has 5 nitrogen and oxygen atoms in total. The second kappa shape index (κ2) is 7.45. The Hall–Kier alpha value is -1.40. The van der Waals surface area contributed by atoms with Crippen LogP contribution in [-0.2, 0) is 10.0 Å². The van der Waals surface area contributed by atoms with E-state index in [0.29, 0.717) is 18.2 Å². The van der Waals surface area contributed by atoms with Crippen molar-refractivity contribution < 1.29 is 13.2 Å². The van der Waals surface area contributed by atoms with Crippen molar-refractivity contribution in [3.63, 3.8) is 0 Å². The molecular weight excluding hydrogens is 312 g/mol. The number of carbonyl (C=O) groups excluding carboxylic acids is 1. The molecule has 0 aromatic heterocycles. The molecule has 0 bridgehead atoms. The van der Waals surface area contributed by atoms with Crippen LogP contribution in [0.2, 0.25) is 0 Å². The number of rotatable bonds is 5. The Morgan fingerprint density at radius 2 is 1.65 bits per heavy atom. The summed E-state index contributed by atoms with van der Waals surface area (Å²) in [5.74, 6) is -0.00630. The van der Waals surface area contributed by atoms with Crippen molar-refractivity contribution in [1.29, 1.82) is 0 Å². The van der Waals surface area contributed by atoms with E-state index in [9.17, 15) is 13.2 Å². The minimum Gasteiger partial charge on any atom is -0.336 e. The van der Waals surface area contributed by atoms with Crippen molar-refractivity contribution in [2.45, 2.75) is 50.0 Å². The molecular formula is C17H26N2O3S. The van der Waals surface area contributed by atoms with Crippen LogP contribution in [0.5, 0.6) is 0 Å². The SMILES string of the molecule is CCN(C(=O)c1ccc(S(=O)(=O)N(C)C)cc1)C1CCCCC1. The Labute approximate surface area is 139 Å². The predicted octanol–water partition coefficient (Wildman–Crippen LogP) is 2.73. The van der Waals surface area contributed by atoms with Crippen molar-refractivity contribution in [1.82, 2.24) is 9.21 Å². The average molecular weight is 338 g/mol. The van der Waals surface area contributed by atoms with Crippen LogP contribution in [0, 0.1) is 0 Å². The number of nitrogens with zero attached hydrogens (tertiary/aromatic N) is 2. The molecule has 1 aliphatic carbocycles. The molecule has 23 heavy (non-hydrogen) atoms. The van der Waals surface area contributed by atoms with Gasteiger partial charge in [0.05, 0.1) is 4.90 Å². The second-order valence-electron chi connectivity index (χ2n) is 6.19. The Balaban J connectivity index is 2.19. The smallest absolute Gasteiger partial charge is 0.254 e. The number of sulfonamides is 1. The lowest BCUT2D eigenvalue weighted by Gasteiger charge is -2.33. The van der Waals surface area contributed by atoms with Crippen LogP contribution in [0.15, 0.2) is 29.2 Å². The van der Waals surface area contributed by atoms with Crippen LogP contribution >= 0.6 is 0 Å². The molecule has 1 aliphatic rings. The van der Waals surface area contributed by atoms with E-state index in [-0.39, 0.29) is 10.8 Å². The van der Waals surface area contributed by atoms with Gasteiger partial charge in [0, 0.05) is 32.2 Å². The van der Waals surface area contributed by atoms with Crippen LogP contribution in [0.1, 0.15) is 49.4 Å². The van der Waals surface area contributed by atoms with Gasteiger partial charge in [-0.05, 0) is 44.0 Å². The summed E-state index contributed by atoms with van der Waals surface area (Å²) in [4.78, 5) is 14.9. The van der Waals surface area contributed by atoms with Gasteiger partial charge in [-0.15, -0.1) is 0 Å². The third kappa shape index (κ3) is 3.93. The summed E-state index contributed by atoms with van der Waals surface area (Å²) in [5.41, 5.74) is 0.551. The fourth-order valence-electron chi connectivity index (χ4n) is 3.11. The molecule has 1 aromatic carbocycles. The number of hydrogen-bond donors (Lipinski definition) is 0. The van der Waals surface area contributed by atoms with Crippen molar-refractivity contribution in [3.8, 4) is 0 Å². The monoisotopic (exact) mass is 338 g/mol. The minimum absolute atomic E-state index is 0.00630. The maximum Gasteiger partial charge on any atom is 0.254 e. The quantitative estimate of drug-likeness (QED) is 0.829. The molecule has 0 saturated heterocycles. The zero-order valence-electron chi connectivity index (χ0n) is 14.2. The fraction of sp³-hybridized carbons (Fsp3) is 0.588. The Morgan fingerprint density at radius 1 is 1.09 bits per heavy atom. The highest BCUT2D eigenvalue weighted by molar-refractivity contribution is 7.89. The topological polar surface area (TPSA) is 57.7 Å². The van der Waals surface area contributed by atoms with E-state index in [1.54, 1.807) is 12.1 Å². The van der Waals surface area contributed by atoms with E-state index < -0.39 is 10.0 Å². The maximum absolute atomic E-state index is 12.7. The van der Waals surface area contributed by atoms with Crippen LogP contribution in [-0.4, -0.2) is 50.2 Å². The summed E-state index contributed by atoms with van der Waals surface area (Å²) in [7, 11) is -0.465. The normalized spacial score (nSPS) is 16.5. The van der Waals surface area contributed by atoms with Crippen LogP contribution in [0.25, 0.3) is 0 Å². The van der Waals surface area contributed by atoms with Gasteiger partial charge in [0.1, 0.15) is 0 Å². The first-order valence-electron chi connectivity index (χ1n) is 8.21. The van der Waals surface area contributed by atoms with Gasteiger partial charge < -0.3 is 4.90 Å². The molecule has 0 heterocycles. The molecule has 1 saturated carbocycles. The van der Waals surface area contributed by atoms with E-state index in [2.05, 4.69) is 0 Å². The third-order valence-electron chi connectivity index (χ3n) is 4.50. The van der Waals surface area contributed by atoms with E-state index >= 15 is 0 Å². The second-order valence-corrected chi connectivity index (χ2v) is 8.35. The van der Waals surface area contributed by atoms with Gasteiger partial charge in [0.2, 0.25) is 10.0 Å². The number of benzene rings is 1. The van der Waals surface area contributed by atoms with E-state index in [0.717, 1.165) is 12.8 Å². The van der Waals surface area contributed by atoms with Crippen LogP contribution < -0.4 is 0 Å². The molecule has 1 fully saturated rings. The number of amides is 1.